The van der Waals surface area contributed by atoms with E-state index < -0.39 is 28.3 Å². The molecule has 0 aromatic carbocycles. The molecule has 0 fully saturated rings. The maximum atomic E-state index is 12.9. The van der Waals surface area contributed by atoms with Crippen molar-refractivity contribution in [2.45, 2.75) is 88.2 Å². The smallest absolute Gasteiger partial charge is 0.313 e. The summed E-state index contributed by atoms with van der Waals surface area (Å²) in [6, 6.07) is 0. The van der Waals surface area contributed by atoms with Crippen molar-refractivity contribution in [2.24, 2.45) is 28.1 Å². The van der Waals surface area contributed by atoms with Gasteiger partial charge in [-0.3, -0.25) is 14.4 Å². The largest absolute Gasteiger partial charge is 0.461 e. The van der Waals surface area contributed by atoms with Crippen LogP contribution in [-0.4, -0.2) is 62.8 Å². The van der Waals surface area contributed by atoms with E-state index in [1.54, 1.807) is 13.8 Å². The number of rotatable bonds is 14. The van der Waals surface area contributed by atoms with Crippen LogP contribution in [0.25, 0.3) is 0 Å². The molecule has 0 aromatic rings. The molecule has 194 valence electrons. The quantitative estimate of drug-likeness (QED) is 0.268. The number of esters is 3. The standard InChI is InChI=1S/C26H49NO6/c1-18(2)13-24(5,6)21(28)31-15-20(33-23(30)26(9,10)17-27(11)12)16-32-22(29)25(7,8)14-19(3)4/h18-20H,13-17H2,1-12H3. The number of nitrogens with zero attached hydrogens (tertiary/aromatic N) is 1. The van der Waals surface area contributed by atoms with Gasteiger partial charge in [0, 0.05) is 6.54 Å². The van der Waals surface area contributed by atoms with Crippen molar-refractivity contribution in [1.29, 1.82) is 0 Å². The molecule has 7 nitrogen and oxygen atoms in total. The van der Waals surface area contributed by atoms with E-state index in [-0.39, 0.29) is 25.2 Å². The molecule has 0 aliphatic heterocycles. The van der Waals surface area contributed by atoms with Gasteiger partial charge in [0.15, 0.2) is 6.10 Å². The van der Waals surface area contributed by atoms with Gasteiger partial charge in [0.2, 0.25) is 0 Å². The van der Waals surface area contributed by atoms with E-state index in [1.807, 2.05) is 74.4 Å². The lowest BCUT2D eigenvalue weighted by molar-refractivity contribution is -0.178. The fourth-order valence-electron chi connectivity index (χ4n) is 4.22. The summed E-state index contributed by atoms with van der Waals surface area (Å²) in [6.45, 7) is 19.3. The number of ether oxygens (including phenoxy) is 3. The summed E-state index contributed by atoms with van der Waals surface area (Å²) in [4.78, 5) is 40.1. The van der Waals surface area contributed by atoms with Crippen LogP contribution in [-0.2, 0) is 28.6 Å². The van der Waals surface area contributed by atoms with Crippen molar-refractivity contribution < 1.29 is 28.6 Å². The molecular weight excluding hydrogens is 422 g/mol. The van der Waals surface area contributed by atoms with Crippen molar-refractivity contribution in [3.05, 3.63) is 0 Å². The van der Waals surface area contributed by atoms with E-state index in [2.05, 4.69) is 0 Å². The average Bonchev–Trinajstić information content (AvgIpc) is 2.59. The molecule has 0 bridgehead atoms. The minimum absolute atomic E-state index is 0.165. The summed E-state index contributed by atoms with van der Waals surface area (Å²) in [6.07, 6.45) is 0.464. The molecule has 7 heteroatoms. The molecule has 33 heavy (non-hydrogen) atoms. The Bertz CT molecular complexity index is 611. The van der Waals surface area contributed by atoms with Crippen LogP contribution >= 0.6 is 0 Å². The Labute approximate surface area is 201 Å². The van der Waals surface area contributed by atoms with Crippen LogP contribution in [0.2, 0.25) is 0 Å². The molecule has 0 aliphatic rings. The zero-order valence-electron chi connectivity index (χ0n) is 23.2. The molecule has 0 spiro atoms. The van der Waals surface area contributed by atoms with Crippen LogP contribution in [0, 0.1) is 28.1 Å². The number of hydrogen-bond donors (Lipinski definition) is 0. The van der Waals surface area contributed by atoms with Crippen molar-refractivity contribution >= 4 is 17.9 Å². The molecule has 0 heterocycles. The minimum Gasteiger partial charge on any atom is -0.461 e. The van der Waals surface area contributed by atoms with Gasteiger partial charge in [-0.2, -0.15) is 0 Å². The van der Waals surface area contributed by atoms with Crippen LogP contribution in [0.4, 0.5) is 0 Å². The summed E-state index contributed by atoms with van der Waals surface area (Å²) >= 11 is 0. The lowest BCUT2D eigenvalue weighted by atomic mass is 9.84. The van der Waals surface area contributed by atoms with E-state index in [4.69, 9.17) is 14.2 Å². The summed E-state index contributed by atoms with van der Waals surface area (Å²) in [5.74, 6) is -0.502. The van der Waals surface area contributed by atoms with Gasteiger partial charge >= 0.3 is 17.9 Å². The monoisotopic (exact) mass is 471 g/mol. The molecule has 0 amide bonds. The lowest BCUT2D eigenvalue weighted by Gasteiger charge is -2.30. The number of carbonyl (C=O) groups excluding carboxylic acids is 3. The van der Waals surface area contributed by atoms with Gasteiger partial charge < -0.3 is 19.1 Å². The Hall–Kier alpha value is -1.63. The second-order valence-electron chi connectivity index (χ2n) is 12.3. The lowest BCUT2D eigenvalue weighted by Crippen LogP contribution is -2.42. The van der Waals surface area contributed by atoms with Gasteiger partial charge in [-0.15, -0.1) is 0 Å². The summed E-state index contributed by atoms with van der Waals surface area (Å²) in [7, 11) is 3.76. The third-order valence-corrected chi connectivity index (χ3v) is 5.28. The zero-order valence-corrected chi connectivity index (χ0v) is 23.2. The van der Waals surface area contributed by atoms with Gasteiger partial charge in [0.1, 0.15) is 13.2 Å². The fraction of sp³-hybridized carbons (Fsp3) is 0.885. The van der Waals surface area contributed by atoms with Crippen molar-refractivity contribution in [1.82, 2.24) is 4.90 Å². The van der Waals surface area contributed by atoms with Gasteiger partial charge in [0.25, 0.3) is 0 Å². The highest BCUT2D eigenvalue weighted by atomic mass is 16.6. The highest BCUT2D eigenvalue weighted by Crippen LogP contribution is 2.28. The molecular formula is C26H49NO6. The molecule has 0 radical (unpaired) electrons. The van der Waals surface area contributed by atoms with Gasteiger partial charge in [0.05, 0.1) is 16.2 Å². The van der Waals surface area contributed by atoms with E-state index in [0.29, 0.717) is 31.2 Å². The summed E-state index contributed by atoms with van der Waals surface area (Å²) < 4.78 is 16.7. The average molecular weight is 472 g/mol. The van der Waals surface area contributed by atoms with Gasteiger partial charge in [-0.25, -0.2) is 0 Å². The number of carbonyl (C=O) groups is 3. The number of hydrogen-bond acceptors (Lipinski definition) is 7. The Morgan fingerprint density at radius 1 is 0.667 bits per heavy atom. The maximum Gasteiger partial charge on any atom is 0.313 e. The third kappa shape index (κ3) is 11.9. The van der Waals surface area contributed by atoms with E-state index in [1.165, 1.54) is 0 Å². The molecule has 0 aliphatic carbocycles. The molecule has 0 saturated heterocycles. The molecule has 0 aromatic heterocycles. The SMILES string of the molecule is CC(C)CC(C)(C)C(=O)OCC(COC(=O)C(C)(C)CC(C)C)OC(=O)C(C)(C)CN(C)C. The van der Waals surface area contributed by atoms with Crippen LogP contribution in [0.3, 0.4) is 0 Å². The summed E-state index contributed by atoms with van der Waals surface area (Å²) in [5, 5.41) is 0. The predicted octanol–water partition coefficient (Wildman–Crippen LogP) is 4.72. The highest BCUT2D eigenvalue weighted by Gasteiger charge is 2.36. The first kappa shape index (κ1) is 31.4. The third-order valence-electron chi connectivity index (χ3n) is 5.28. The molecule has 0 atom stereocenters. The molecule has 0 rings (SSSR count). The predicted molar refractivity (Wildman–Crippen MR) is 131 cm³/mol. The van der Waals surface area contributed by atoms with Crippen molar-refractivity contribution in [3.8, 4) is 0 Å². The van der Waals surface area contributed by atoms with Crippen molar-refractivity contribution in [3.63, 3.8) is 0 Å². The van der Waals surface area contributed by atoms with Crippen LogP contribution in [0.1, 0.15) is 82.1 Å². The highest BCUT2D eigenvalue weighted by molar-refractivity contribution is 5.77. The van der Waals surface area contributed by atoms with Gasteiger partial charge in [-0.05, 0) is 80.3 Å². The first-order chi connectivity index (χ1) is 14.8. The molecule has 0 saturated carbocycles. The topological polar surface area (TPSA) is 82.1 Å². The Morgan fingerprint density at radius 2 is 1.03 bits per heavy atom. The Morgan fingerprint density at radius 3 is 1.33 bits per heavy atom. The molecule has 0 N–H and O–H groups in total. The second kappa shape index (κ2) is 12.7. The van der Waals surface area contributed by atoms with E-state index >= 15 is 0 Å². The van der Waals surface area contributed by atoms with Crippen molar-refractivity contribution in [2.75, 3.05) is 33.9 Å². The fourth-order valence-corrected chi connectivity index (χ4v) is 4.22. The van der Waals surface area contributed by atoms with Gasteiger partial charge in [-0.1, -0.05) is 27.7 Å². The Kier molecular flexibility index (Phi) is 12.1. The van der Waals surface area contributed by atoms with E-state index in [0.717, 1.165) is 0 Å². The van der Waals surface area contributed by atoms with Crippen LogP contribution in [0.15, 0.2) is 0 Å². The maximum absolute atomic E-state index is 12.9. The first-order valence-corrected chi connectivity index (χ1v) is 12.0. The first-order valence-electron chi connectivity index (χ1n) is 12.0. The Balaban J connectivity index is 5.37. The normalized spacial score (nSPS) is 13.1. The zero-order chi connectivity index (χ0) is 26.2. The van der Waals surface area contributed by atoms with Crippen LogP contribution in [0.5, 0.6) is 0 Å². The molecule has 0 unspecified atom stereocenters. The van der Waals surface area contributed by atoms with Crippen LogP contribution < -0.4 is 0 Å². The minimum atomic E-state index is -0.878. The summed E-state index contributed by atoms with van der Waals surface area (Å²) in [5.41, 5.74) is -2.10. The second-order valence-corrected chi connectivity index (χ2v) is 12.3. The van der Waals surface area contributed by atoms with E-state index in [9.17, 15) is 14.4 Å².